The van der Waals surface area contributed by atoms with Crippen LogP contribution < -0.4 is 27.0 Å². The average Bonchev–Trinajstić information content (AvgIpc) is 3.33. The second kappa shape index (κ2) is 8.01. The molecule has 6 heteroatoms. The van der Waals surface area contributed by atoms with Crippen molar-refractivity contribution in [2.75, 3.05) is 5.32 Å². The van der Waals surface area contributed by atoms with Gasteiger partial charge in [0, 0.05) is 23.8 Å². The number of benzene rings is 2. The summed E-state index contributed by atoms with van der Waals surface area (Å²) in [6.45, 7) is 6.31. The molecule has 28 heavy (non-hydrogen) atoms. The Balaban J connectivity index is 1.45. The molecule has 2 fully saturated rings. The molecule has 2 aliphatic heterocycles. The Hall–Kier alpha value is -2.25. The molecule has 0 bridgehead atoms. The van der Waals surface area contributed by atoms with Crippen molar-refractivity contribution in [3.63, 3.8) is 0 Å². The Morgan fingerprint density at radius 2 is 1.61 bits per heavy atom. The number of rotatable bonds is 4. The van der Waals surface area contributed by atoms with E-state index in [2.05, 4.69) is 78.1 Å². The molecule has 6 nitrogen and oxygen atoms in total. The minimum atomic E-state index is -0.269. The normalized spacial score (nSPS) is 27.1. The van der Waals surface area contributed by atoms with Gasteiger partial charge in [-0.1, -0.05) is 47.5 Å². The molecule has 1 amide bonds. The molecule has 2 aliphatic rings. The van der Waals surface area contributed by atoms with Crippen LogP contribution in [0.5, 0.6) is 0 Å². The number of carbonyl (C=O) groups is 1. The Labute approximate surface area is 166 Å². The van der Waals surface area contributed by atoms with Gasteiger partial charge in [-0.15, -0.1) is 0 Å². The highest BCUT2D eigenvalue weighted by atomic mass is 16.2. The third-order valence-electron chi connectivity index (χ3n) is 5.63. The molecule has 148 valence electrons. The third kappa shape index (κ3) is 4.10. The van der Waals surface area contributed by atoms with Gasteiger partial charge in [0.2, 0.25) is 5.91 Å². The minimum Gasteiger partial charge on any atom is -0.324 e. The zero-order valence-corrected chi connectivity index (χ0v) is 16.7. The first-order chi connectivity index (χ1) is 13.5. The number of nitrogens with one attached hydrogen (secondary N) is 5. The lowest BCUT2D eigenvalue weighted by molar-refractivity contribution is -0.117. The van der Waals surface area contributed by atoms with Crippen LogP contribution in [0.4, 0.5) is 5.69 Å². The van der Waals surface area contributed by atoms with Crippen LogP contribution >= 0.6 is 0 Å². The van der Waals surface area contributed by atoms with Crippen molar-refractivity contribution in [1.29, 1.82) is 0 Å². The number of hydrogen-bond acceptors (Lipinski definition) is 5. The lowest BCUT2D eigenvalue weighted by Crippen LogP contribution is -2.39. The van der Waals surface area contributed by atoms with Gasteiger partial charge >= 0.3 is 0 Å². The van der Waals surface area contributed by atoms with Gasteiger partial charge in [0.1, 0.15) is 6.04 Å². The van der Waals surface area contributed by atoms with Crippen molar-refractivity contribution in [1.82, 2.24) is 21.7 Å². The molecule has 2 heterocycles. The molecule has 0 spiro atoms. The van der Waals surface area contributed by atoms with E-state index in [0.29, 0.717) is 6.04 Å². The van der Waals surface area contributed by atoms with E-state index in [-0.39, 0.29) is 24.0 Å². The Kier molecular flexibility index (Phi) is 5.46. The summed E-state index contributed by atoms with van der Waals surface area (Å²) in [6, 6.07) is 15.1. The quantitative estimate of drug-likeness (QED) is 0.565. The first-order valence-corrected chi connectivity index (χ1v) is 9.99. The number of hydrogen-bond donors (Lipinski definition) is 5. The fraction of sp³-hybridized carbons (Fsp3) is 0.409. The van der Waals surface area contributed by atoms with Crippen LogP contribution in [0.25, 0.3) is 0 Å². The Morgan fingerprint density at radius 1 is 0.893 bits per heavy atom. The first kappa shape index (κ1) is 19.1. The molecular weight excluding hydrogens is 350 g/mol. The molecule has 4 rings (SSSR count). The van der Waals surface area contributed by atoms with Gasteiger partial charge in [-0.25, -0.2) is 16.3 Å². The summed E-state index contributed by atoms with van der Waals surface area (Å²) < 4.78 is 0. The first-order valence-electron chi connectivity index (χ1n) is 9.99. The molecule has 4 unspecified atom stereocenters. The zero-order chi connectivity index (χ0) is 19.7. The van der Waals surface area contributed by atoms with Crippen molar-refractivity contribution in [3.8, 4) is 0 Å². The predicted molar refractivity (Wildman–Crippen MR) is 111 cm³/mol. The highest BCUT2D eigenvalue weighted by molar-refractivity contribution is 5.95. The maximum absolute atomic E-state index is 12.9. The summed E-state index contributed by atoms with van der Waals surface area (Å²) in [5, 5.41) is 3.14. The fourth-order valence-electron chi connectivity index (χ4n) is 3.97. The summed E-state index contributed by atoms with van der Waals surface area (Å²) in [6.07, 6.45) is 1.71. The van der Waals surface area contributed by atoms with E-state index in [1.54, 1.807) is 0 Å². The second-order valence-corrected chi connectivity index (χ2v) is 8.10. The predicted octanol–water partition coefficient (Wildman–Crippen LogP) is 2.78. The summed E-state index contributed by atoms with van der Waals surface area (Å²) in [5.41, 5.74) is 18.7. The molecule has 0 saturated carbocycles. The van der Waals surface area contributed by atoms with E-state index >= 15 is 0 Å². The molecule has 0 radical (unpaired) electrons. The van der Waals surface area contributed by atoms with Crippen molar-refractivity contribution in [3.05, 3.63) is 64.7 Å². The number of aryl methyl sites for hydroxylation is 2. The van der Waals surface area contributed by atoms with E-state index < -0.39 is 0 Å². The minimum absolute atomic E-state index is 0.00813. The molecule has 0 aliphatic carbocycles. The number of anilines is 1. The maximum Gasteiger partial charge on any atom is 0.242 e. The van der Waals surface area contributed by atoms with Crippen molar-refractivity contribution >= 4 is 11.6 Å². The lowest BCUT2D eigenvalue weighted by Gasteiger charge is -2.18. The average molecular weight is 380 g/mol. The standard InChI is InChI=1S/C22H29N5O/c1-13-4-7-16(8-5-13)19-12-21(27-25-19)22(28)23-18-9-6-14(2)10-17(18)20-11-15(3)24-26-20/h4-10,15,19-21,24-27H,11-12H2,1-3H3,(H,23,28). The molecule has 2 saturated heterocycles. The highest BCUT2D eigenvalue weighted by Gasteiger charge is 2.31. The van der Waals surface area contributed by atoms with Crippen molar-refractivity contribution < 1.29 is 4.79 Å². The Morgan fingerprint density at radius 3 is 2.32 bits per heavy atom. The Bertz CT molecular complexity index is 851. The molecule has 2 aromatic carbocycles. The molecule has 5 N–H and O–H groups in total. The fourth-order valence-corrected chi connectivity index (χ4v) is 3.97. The van der Waals surface area contributed by atoms with Crippen LogP contribution in [0.3, 0.4) is 0 Å². The van der Waals surface area contributed by atoms with Gasteiger partial charge in [0.15, 0.2) is 0 Å². The summed E-state index contributed by atoms with van der Waals surface area (Å²) in [7, 11) is 0. The number of hydrazine groups is 2. The number of carbonyl (C=O) groups excluding carboxylic acids is 1. The van der Waals surface area contributed by atoms with Crippen LogP contribution in [0.15, 0.2) is 42.5 Å². The molecule has 4 atom stereocenters. The lowest BCUT2D eigenvalue weighted by atomic mass is 9.98. The SMILES string of the molecule is Cc1ccc(C2CC(C(=O)Nc3ccc(C)cc3C3CC(C)NN3)NN2)cc1. The molecule has 0 aromatic heterocycles. The maximum atomic E-state index is 12.9. The van der Waals surface area contributed by atoms with E-state index in [9.17, 15) is 4.79 Å². The van der Waals surface area contributed by atoms with E-state index in [0.717, 1.165) is 24.1 Å². The largest absolute Gasteiger partial charge is 0.324 e. The highest BCUT2D eigenvalue weighted by Crippen LogP contribution is 2.30. The van der Waals surface area contributed by atoms with Gasteiger partial charge in [0.05, 0.1) is 0 Å². The van der Waals surface area contributed by atoms with Crippen LogP contribution in [-0.2, 0) is 4.79 Å². The monoisotopic (exact) mass is 379 g/mol. The van der Waals surface area contributed by atoms with Crippen LogP contribution in [0.1, 0.15) is 54.1 Å². The van der Waals surface area contributed by atoms with E-state index in [1.807, 2.05) is 12.1 Å². The van der Waals surface area contributed by atoms with Crippen LogP contribution in [-0.4, -0.2) is 18.0 Å². The van der Waals surface area contributed by atoms with Gasteiger partial charge in [0.25, 0.3) is 0 Å². The van der Waals surface area contributed by atoms with Gasteiger partial charge < -0.3 is 5.32 Å². The smallest absolute Gasteiger partial charge is 0.242 e. The summed E-state index contributed by atoms with van der Waals surface area (Å²) >= 11 is 0. The molecule has 2 aromatic rings. The van der Waals surface area contributed by atoms with E-state index in [1.165, 1.54) is 16.7 Å². The van der Waals surface area contributed by atoms with Crippen LogP contribution in [0, 0.1) is 13.8 Å². The van der Waals surface area contributed by atoms with Crippen molar-refractivity contribution in [2.24, 2.45) is 0 Å². The zero-order valence-electron chi connectivity index (χ0n) is 16.7. The van der Waals surface area contributed by atoms with Gasteiger partial charge in [-0.05, 0) is 50.8 Å². The van der Waals surface area contributed by atoms with Gasteiger partial charge in [-0.2, -0.15) is 0 Å². The summed E-state index contributed by atoms with van der Waals surface area (Å²) in [5.74, 6) is -0.00813. The van der Waals surface area contributed by atoms with Gasteiger partial charge in [-0.3, -0.25) is 10.2 Å². The number of amides is 1. The topological polar surface area (TPSA) is 77.2 Å². The third-order valence-corrected chi connectivity index (χ3v) is 5.63. The summed E-state index contributed by atoms with van der Waals surface area (Å²) in [4.78, 5) is 12.9. The second-order valence-electron chi connectivity index (χ2n) is 8.10. The van der Waals surface area contributed by atoms with Crippen LogP contribution in [0.2, 0.25) is 0 Å². The van der Waals surface area contributed by atoms with E-state index in [4.69, 9.17) is 0 Å². The van der Waals surface area contributed by atoms with Crippen molar-refractivity contribution in [2.45, 2.75) is 57.8 Å². The molecular formula is C22H29N5O.